The molecule has 1 saturated carbocycles. The summed E-state index contributed by atoms with van der Waals surface area (Å²) >= 11 is 0. The maximum atomic E-state index is 12.4. The Bertz CT molecular complexity index is 435. The van der Waals surface area contributed by atoms with Crippen molar-refractivity contribution in [3.63, 3.8) is 0 Å². The number of hydrogen-bond acceptors (Lipinski definition) is 5. The summed E-state index contributed by atoms with van der Waals surface area (Å²) in [6, 6.07) is 2.35. The smallest absolute Gasteiger partial charge is 0.320 e. The molecule has 0 radical (unpaired) electrons. The summed E-state index contributed by atoms with van der Waals surface area (Å²) in [6.45, 7) is 6.12. The number of nitrogens with one attached hydrogen (secondary N) is 1. The van der Waals surface area contributed by atoms with Gasteiger partial charge < -0.3 is 10.1 Å². The fraction of sp³-hybridized carbons (Fsp3) is 0.824. The minimum Gasteiger partial charge on any atom is -0.465 e. The van der Waals surface area contributed by atoms with Crippen molar-refractivity contribution in [2.75, 3.05) is 19.7 Å². The van der Waals surface area contributed by atoms with Crippen LogP contribution in [-0.2, 0) is 14.3 Å². The second-order valence-electron chi connectivity index (χ2n) is 6.46. The van der Waals surface area contributed by atoms with Crippen LogP contribution in [-0.4, -0.2) is 48.1 Å². The monoisotopic (exact) mass is 323 g/mol. The Balaban J connectivity index is 2.63. The molecule has 0 spiro atoms. The Labute approximate surface area is 139 Å². The van der Waals surface area contributed by atoms with Crippen LogP contribution >= 0.6 is 0 Å². The van der Waals surface area contributed by atoms with E-state index in [-0.39, 0.29) is 31.0 Å². The van der Waals surface area contributed by atoms with Gasteiger partial charge in [-0.25, -0.2) is 0 Å². The molecule has 0 heterocycles. The van der Waals surface area contributed by atoms with Gasteiger partial charge in [0.2, 0.25) is 5.91 Å². The van der Waals surface area contributed by atoms with Crippen LogP contribution in [0.4, 0.5) is 0 Å². The molecule has 1 aliphatic carbocycles. The largest absolute Gasteiger partial charge is 0.465 e. The predicted octanol–water partition coefficient (Wildman–Crippen LogP) is 1.99. The van der Waals surface area contributed by atoms with Gasteiger partial charge in [0, 0.05) is 6.04 Å². The van der Waals surface area contributed by atoms with Crippen molar-refractivity contribution in [1.29, 1.82) is 5.26 Å². The number of nitriles is 1. The first kappa shape index (κ1) is 19.4. The zero-order chi connectivity index (χ0) is 17.3. The average Bonchev–Trinajstić information content (AvgIpc) is 2.72. The lowest BCUT2D eigenvalue weighted by Crippen LogP contribution is -2.52. The summed E-state index contributed by atoms with van der Waals surface area (Å²) < 4.78 is 4.95. The van der Waals surface area contributed by atoms with Crippen molar-refractivity contribution < 1.29 is 14.3 Å². The topological polar surface area (TPSA) is 82.4 Å². The molecular formula is C17H29N3O3. The van der Waals surface area contributed by atoms with Crippen LogP contribution in [0.3, 0.4) is 0 Å². The van der Waals surface area contributed by atoms with Crippen LogP contribution < -0.4 is 5.32 Å². The van der Waals surface area contributed by atoms with Gasteiger partial charge in [-0.2, -0.15) is 5.26 Å². The Morgan fingerprint density at radius 1 is 1.22 bits per heavy atom. The highest BCUT2D eigenvalue weighted by atomic mass is 16.5. The van der Waals surface area contributed by atoms with Gasteiger partial charge in [-0.1, -0.05) is 25.7 Å². The first-order valence-electron chi connectivity index (χ1n) is 8.54. The van der Waals surface area contributed by atoms with Gasteiger partial charge in [0.15, 0.2) is 0 Å². The number of hydrogen-bond donors (Lipinski definition) is 1. The van der Waals surface area contributed by atoms with Crippen LogP contribution in [0.5, 0.6) is 0 Å². The molecular weight excluding hydrogens is 294 g/mol. The van der Waals surface area contributed by atoms with Crippen molar-refractivity contribution in [2.24, 2.45) is 0 Å². The number of carbonyl (C=O) groups excluding carboxylic acids is 2. The Morgan fingerprint density at radius 3 is 2.30 bits per heavy atom. The van der Waals surface area contributed by atoms with Crippen molar-refractivity contribution in [2.45, 2.75) is 70.9 Å². The Morgan fingerprint density at radius 2 is 1.83 bits per heavy atom. The number of amides is 1. The maximum Gasteiger partial charge on any atom is 0.320 e. The van der Waals surface area contributed by atoms with E-state index in [4.69, 9.17) is 4.74 Å². The van der Waals surface area contributed by atoms with E-state index in [0.717, 1.165) is 25.7 Å². The minimum atomic E-state index is -0.750. The molecule has 6 heteroatoms. The minimum absolute atomic E-state index is 0.0392. The Hall–Kier alpha value is -1.61. The van der Waals surface area contributed by atoms with Gasteiger partial charge >= 0.3 is 5.97 Å². The highest BCUT2D eigenvalue weighted by Crippen LogP contribution is 2.26. The van der Waals surface area contributed by atoms with Crippen LogP contribution in [0.1, 0.15) is 59.3 Å². The molecule has 6 nitrogen and oxygen atoms in total. The van der Waals surface area contributed by atoms with Gasteiger partial charge in [-0.05, 0) is 33.6 Å². The second kappa shape index (κ2) is 9.51. The molecule has 0 saturated heterocycles. The molecule has 23 heavy (non-hydrogen) atoms. The molecule has 1 N–H and O–H groups in total. The maximum absolute atomic E-state index is 12.4. The SMILES string of the molecule is CCOC(=O)CN(CC(=O)NC1(C#N)CCCCCC1)C(C)C. The molecule has 130 valence electrons. The van der Waals surface area contributed by atoms with Crippen LogP contribution in [0.15, 0.2) is 0 Å². The van der Waals surface area contributed by atoms with Gasteiger partial charge in [0.1, 0.15) is 5.54 Å². The molecule has 0 aliphatic heterocycles. The summed E-state index contributed by atoms with van der Waals surface area (Å²) in [6.07, 6.45) is 5.55. The van der Waals surface area contributed by atoms with E-state index in [9.17, 15) is 14.9 Å². The van der Waals surface area contributed by atoms with Crippen molar-refractivity contribution in [3.8, 4) is 6.07 Å². The highest BCUT2D eigenvalue weighted by Gasteiger charge is 2.33. The second-order valence-corrected chi connectivity index (χ2v) is 6.46. The van der Waals surface area contributed by atoms with E-state index >= 15 is 0 Å². The first-order chi connectivity index (χ1) is 10.9. The third kappa shape index (κ3) is 6.57. The zero-order valence-electron chi connectivity index (χ0n) is 14.6. The number of rotatable bonds is 7. The molecule has 0 bridgehead atoms. The van der Waals surface area contributed by atoms with E-state index in [1.54, 1.807) is 11.8 Å². The lowest BCUT2D eigenvalue weighted by Gasteiger charge is -2.29. The molecule has 1 fully saturated rings. The highest BCUT2D eigenvalue weighted by molar-refractivity contribution is 5.80. The number of esters is 1. The number of ether oxygens (including phenoxy) is 1. The fourth-order valence-electron chi connectivity index (χ4n) is 2.88. The standard InChI is InChI=1S/C17H29N3O3/c1-4-23-16(22)12-20(14(2)3)11-15(21)19-17(13-18)9-7-5-6-8-10-17/h14H,4-12H2,1-3H3,(H,19,21). The van der Waals surface area contributed by atoms with E-state index < -0.39 is 5.54 Å². The van der Waals surface area contributed by atoms with Crippen LogP contribution in [0.2, 0.25) is 0 Å². The summed E-state index contributed by atoms with van der Waals surface area (Å²) in [7, 11) is 0. The third-order valence-electron chi connectivity index (χ3n) is 4.26. The number of carbonyl (C=O) groups is 2. The Kier molecular flexibility index (Phi) is 8.04. The van der Waals surface area contributed by atoms with E-state index in [0.29, 0.717) is 19.4 Å². The van der Waals surface area contributed by atoms with Gasteiger partial charge in [-0.3, -0.25) is 14.5 Å². The van der Waals surface area contributed by atoms with Crippen LogP contribution in [0, 0.1) is 11.3 Å². The van der Waals surface area contributed by atoms with Crippen molar-refractivity contribution in [1.82, 2.24) is 10.2 Å². The van der Waals surface area contributed by atoms with Crippen molar-refractivity contribution >= 4 is 11.9 Å². The zero-order valence-corrected chi connectivity index (χ0v) is 14.6. The fourth-order valence-corrected chi connectivity index (χ4v) is 2.88. The van der Waals surface area contributed by atoms with E-state index in [1.165, 1.54) is 0 Å². The van der Waals surface area contributed by atoms with Gasteiger partial charge in [0.05, 0.1) is 25.8 Å². The first-order valence-corrected chi connectivity index (χ1v) is 8.54. The quantitative estimate of drug-likeness (QED) is 0.572. The lowest BCUT2D eigenvalue weighted by atomic mass is 9.92. The van der Waals surface area contributed by atoms with Crippen molar-refractivity contribution in [3.05, 3.63) is 0 Å². The number of nitrogens with zero attached hydrogens (tertiary/aromatic N) is 2. The molecule has 0 aromatic rings. The molecule has 0 unspecified atom stereocenters. The van der Waals surface area contributed by atoms with Gasteiger partial charge in [0.25, 0.3) is 0 Å². The summed E-state index contributed by atoms with van der Waals surface area (Å²) in [5.41, 5.74) is -0.750. The predicted molar refractivity (Wildman–Crippen MR) is 87.5 cm³/mol. The summed E-state index contributed by atoms with van der Waals surface area (Å²) in [5.74, 6) is -0.537. The lowest BCUT2D eigenvalue weighted by molar-refractivity contribution is -0.145. The molecule has 0 atom stereocenters. The van der Waals surface area contributed by atoms with E-state index in [2.05, 4.69) is 11.4 Å². The normalized spacial score (nSPS) is 17.4. The van der Waals surface area contributed by atoms with Gasteiger partial charge in [-0.15, -0.1) is 0 Å². The van der Waals surface area contributed by atoms with Crippen LogP contribution in [0.25, 0.3) is 0 Å². The third-order valence-corrected chi connectivity index (χ3v) is 4.26. The molecule has 1 aliphatic rings. The summed E-state index contributed by atoms with van der Waals surface area (Å²) in [5, 5.41) is 12.4. The molecule has 1 amide bonds. The molecule has 1 rings (SSSR count). The molecule has 0 aromatic carbocycles. The molecule has 0 aromatic heterocycles. The van der Waals surface area contributed by atoms with E-state index in [1.807, 2.05) is 13.8 Å². The summed E-state index contributed by atoms with van der Waals surface area (Å²) in [4.78, 5) is 25.8. The average molecular weight is 323 g/mol.